The second-order valence-electron chi connectivity index (χ2n) is 3.44. The van der Waals surface area contributed by atoms with Crippen LogP contribution in [0.2, 0.25) is 0 Å². The molecule has 1 aromatic heterocycles. The molecule has 1 aromatic carbocycles. The van der Waals surface area contributed by atoms with Gasteiger partial charge in [-0.2, -0.15) is 11.3 Å². The van der Waals surface area contributed by atoms with E-state index in [2.05, 4.69) is 0 Å². The second-order valence-corrected chi connectivity index (χ2v) is 4.75. The lowest BCUT2D eigenvalue weighted by molar-refractivity contribution is 0.498. The zero-order valence-electron chi connectivity index (χ0n) is 8.29. The Morgan fingerprint density at radius 1 is 1.25 bits per heavy atom. The molecule has 0 bridgehead atoms. The topological polar surface area (TPSA) is 0 Å². The fraction of sp³-hybridized carbons (Fsp3) is 0.167. The average Bonchev–Trinajstić information content (AvgIpc) is 2.78. The summed E-state index contributed by atoms with van der Waals surface area (Å²) in [5, 5.41) is 3.50. The van der Waals surface area contributed by atoms with Crippen LogP contribution in [0.4, 0.5) is 8.78 Å². The van der Waals surface area contributed by atoms with Crippen LogP contribution in [0, 0.1) is 11.6 Å². The first-order valence-corrected chi connectivity index (χ1v) is 6.15. The molecule has 0 aliphatic heterocycles. The molecule has 0 radical (unpaired) electrons. The Balaban J connectivity index is 2.18. The van der Waals surface area contributed by atoms with Crippen molar-refractivity contribution in [3.8, 4) is 0 Å². The largest absolute Gasteiger partial charge is 0.204 e. The first-order valence-electron chi connectivity index (χ1n) is 4.77. The molecular weight excluding hydrogens is 250 g/mol. The number of alkyl halides is 1. The molecule has 1 atom stereocenters. The lowest BCUT2D eigenvalue weighted by Gasteiger charge is -2.08. The zero-order chi connectivity index (χ0) is 11.5. The van der Waals surface area contributed by atoms with Gasteiger partial charge in [-0.1, -0.05) is 12.1 Å². The van der Waals surface area contributed by atoms with Crippen molar-refractivity contribution in [1.82, 2.24) is 0 Å². The summed E-state index contributed by atoms with van der Waals surface area (Å²) in [4.78, 5) is 0. The smallest absolute Gasteiger partial charge is 0.162 e. The van der Waals surface area contributed by atoms with Crippen molar-refractivity contribution in [1.29, 1.82) is 0 Å². The third-order valence-corrected chi connectivity index (χ3v) is 3.44. The molecule has 0 saturated heterocycles. The molecule has 0 fully saturated rings. The normalized spacial score (nSPS) is 12.7. The first kappa shape index (κ1) is 11.6. The van der Waals surface area contributed by atoms with Crippen LogP contribution in [-0.2, 0) is 6.42 Å². The van der Waals surface area contributed by atoms with Crippen LogP contribution < -0.4 is 0 Å². The third-order valence-electron chi connectivity index (χ3n) is 2.34. The van der Waals surface area contributed by atoms with Crippen molar-refractivity contribution >= 4 is 22.9 Å². The molecule has 0 amide bonds. The SMILES string of the molecule is Fc1cccc(CC(Cl)c2ccsc2)c1F. The standard InChI is InChI=1S/C12H9ClF2S/c13-10(9-4-5-16-7-9)6-8-2-1-3-11(14)12(8)15/h1-5,7,10H,6H2. The molecule has 16 heavy (non-hydrogen) atoms. The summed E-state index contributed by atoms with van der Waals surface area (Å²) >= 11 is 7.66. The van der Waals surface area contributed by atoms with Gasteiger partial charge in [0, 0.05) is 0 Å². The van der Waals surface area contributed by atoms with Crippen LogP contribution in [-0.4, -0.2) is 0 Å². The van der Waals surface area contributed by atoms with Crippen molar-refractivity contribution in [3.05, 3.63) is 57.8 Å². The van der Waals surface area contributed by atoms with Gasteiger partial charge in [0.25, 0.3) is 0 Å². The van der Waals surface area contributed by atoms with Crippen LogP contribution in [0.3, 0.4) is 0 Å². The summed E-state index contributed by atoms with van der Waals surface area (Å²) in [7, 11) is 0. The highest BCUT2D eigenvalue weighted by molar-refractivity contribution is 7.08. The molecule has 0 aliphatic rings. The second kappa shape index (κ2) is 4.93. The Labute approximate surface area is 101 Å². The fourth-order valence-electron chi connectivity index (χ4n) is 1.47. The Morgan fingerprint density at radius 3 is 2.75 bits per heavy atom. The number of hydrogen-bond acceptors (Lipinski definition) is 1. The van der Waals surface area contributed by atoms with Gasteiger partial charge < -0.3 is 0 Å². The van der Waals surface area contributed by atoms with E-state index in [1.165, 1.54) is 17.4 Å². The molecule has 0 spiro atoms. The van der Waals surface area contributed by atoms with E-state index in [9.17, 15) is 8.78 Å². The number of halogens is 3. The summed E-state index contributed by atoms with van der Waals surface area (Å²) in [6, 6.07) is 6.04. The molecular formula is C12H9ClF2S. The van der Waals surface area contributed by atoms with Crippen LogP contribution in [0.25, 0.3) is 0 Å². The van der Waals surface area contributed by atoms with Gasteiger partial charge >= 0.3 is 0 Å². The van der Waals surface area contributed by atoms with E-state index in [4.69, 9.17) is 11.6 Å². The molecule has 84 valence electrons. The Hall–Kier alpha value is -0.930. The van der Waals surface area contributed by atoms with Gasteiger partial charge in [0.05, 0.1) is 5.38 Å². The molecule has 1 heterocycles. The van der Waals surface area contributed by atoms with E-state index in [0.29, 0.717) is 12.0 Å². The molecule has 1 unspecified atom stereocenters. The maximum atomic E-state index is 13.4. The Kier molecular flexibility index (Phi) is 3.56. The van der Waals surface area contributed by atoms with E-state index in [1.807, 2.05) is 16.8 Å². The maximum absolute atomic E-state index is 13.4. The molecule has 0 nitrogen and oxygen atoms in total. The third kappa shape index (κ3) is 2.42. The average molecular weight is 259 g/mol. The molecule has 0 N–H and O–H groups in total. The van der Waals surface area contributed by atoms with E-state index < -0.39 is 11.6 Å². The summed E-state index contributed by atoms with van der Waals surface area (Å²) in [5.41, 5.74) is 1.25. The highest BCUT2D eigenvalue weighted by atomic mass is 35.5. The van der Waals surface area contributed by atoms with Gasteiger partial charge in [-0.05, 0) is 40.4 Å². The Bertz CT molecular complexity index is 468. The number of hydrogen-bond donors (Lipinski definition) is 0. The van der Waals surface area contributed by atoms with Gasteiger partial charge in [-0.15, -0.1) is 11.6 Å². The number of thiophene rings is 1. The highest BCUT2D eigenvalue weighted by Crippen LogP contribution is 2.28. The van der Waals surface area contributed by atoms with Crippen LogP contribution >= 0.6 is 22.9 Å². The lowest BCUT2D eigenvalue weighted by Crippen LogP contribution is -1.99. The van der Waals surface area contributed by atoms with Gasteiger partial charge in [0.2, 0.25) is 0 Å². The predicted molar refractivity (Wildman–Crippen MR) is 63.0 cm³/mol. The minimum Gasteiger partial charge on any atom is -0.204 e. The minimum absolute atomic E-state index is 0.294. The molecule has 4 heteroatoms. The highest BCUT2D eigenvalue weighted by Gasteiger charge is 2.14. The summed E-state index contributed by atoms with van der Waals surface area (Å²) in [6.45, 7) is 0. The van der Waals surface area contributed by atoms with Crippen LogP contribution in [0.5, 0.6) is 0 Å². The maximum Gasteiger partial charge on any atom is 0.162 e. The predicted octanol–water partition coefficient (Wildman–Crippen LogP) is 4.55. The monoisotopic (exact) mass is 258 g/mol. The fourth-order valence-corrected chi connectivity index (χ4v) is 2.56. The summed E-state index contributed by atoms with van der Waals surface area (Å²) in [5.74, 6) is -1.63. The number of rotatable bonds is 3. The molecule has 0 saturated carbocycles. The van der Waals surface area contributed by atoms with E-state index >= 15 is 0 Å². The van der Waals surface area contributed by atoms with E-state index in [-0.39, 0.29) is 5.38 Å². The van der Waals surface area contributed by atoms with Crippen LogP contribution in [0.1, 0.15) is 16.5 Å². The minimum atomic E-state index is -0.827. The van der Waals surface area contributed by atoms with E-state index in [0.717, 1.165) is 11.6 Å². The van der Waals surface area contributed by atoms with Gasteiger partial charge in [0.15, 0.2) is 11.6 Å². The van der Waals surface area contributed by atoms with Gasteiger partial charge in [-0.25, -0.2) is 8.78 Å². The van der Waals surface area contributed by atoms with Crippen molar-refractivity contribution in [3.63, 3.8) is 0 Å². The lowest BCUT2D eigenvalue weighted by atomic mass is 10.1. The van der Waals surface area contributed by atoms with Crippen molar-refractivity contribution in [2.24, 2.45) is 0 Å². The van der Waals surface area contributed by atoms with Crippen molar-refractivity contribution in [2.75, 3.05) is 0 Å². The molecule has 2 aromatic rings. The van der Waals surface area contributed by atoms with Gasteiger partial charge in [-0.3, -0.25) is 0 Å². The summed E-state index contributed by atoms with van der Waals surface area (Å²) < 4.78 is 26.3. The van der Waals surface area contributed by atoms with Crippen molar-refractivity contribution in [2.45, 2.75) is 11.8 Å². The van der Waals surface area contributed by atoms with Crippen LogP contribution in [0.15, 0.2) is 35.0 Å². The number of benzene rings is 1. The first-order chi connectivity index (χ1) is 7.68. The molecule has 0 aliphatic carbocycles. The molecule has 2 rings (SSSR count). The van der Waals surface area contributed by atoms with Gasteiger partial charge in [0.1, 0.15) is 0 Å². The summed E-state index contributed by atoms with van der Waals surface area (Å²) in [6.07, 6.45) is 0.294. The Morgan fingerprint density at radius 2 is 2.06 bits per heavy atom. The quantitative estimate of drug-likeness (QED) is 0.709. The zero-order valence-corrected chi connectivity index (χ0v) is 9.86. The van der Waals surface area contributed by atoms with Crippen molar-refractivity contribution < 1.29 is 8.78 Å². The van der Waals surface area contributed by atoms with E-state index in [1.54, 1.807) is 6.07 Å².